The van der Waals surface area contributed by atoms with Gasteiger partial charge in [-0.1, -0.05) is 24.3 Å². The Kier molecular flexibility index (Phi) is 3.81. The predicted molar refractivity (Wildman–Crippen MR) is 86.8 cm³/mol. The van der Waals surface area contributed by atoms with Crippen LogP contribution in [-0.2, 0) is 23.2 Å². The van der Waals surface area contributed by atoms with Crippen LogP contribution in [0.15, 0.2) is 34.7 Å². The summed E-state index contributed by atoms with van der Waals surface area (Å²) >= 11 is 0. The summed E-state index contributed by atoms with van der Waals surface area (Å²) in [7, 11) is 0. The summed E-state index contributed by atoms with van der Waals surface area (Å²) in [4.78, 5) is 12.8. The Balaban J connectivity index is 1.79. The van der Waals surface area contributed by atoms with E-state index in [1.54, 1.807) is 0 Å². The van der Waals surface area contributed by atoms with Crippen molar-refractivity contribution in [2.45, 2.75) is 52.0 Å². The van der Waals surface area contributed by atoms with Gasteiger partial charge in [0.1, 0.15) is 11.5 Å². The van der Waals surface area contributed by atoms with Crippen LogP contribution in [0.4, 0.5) is 0 Å². The molecule has 0 fully saturated rings. The number of benzene rings is 1. The van der Waals surface area contributed by atoms with Crippen molar-refractivity contribution in [3.8, 4) is 0 Å². The first-order valence-corrected chi connectivity index (χ1v) is 7.93. The first kappa shape index (κ1) is 14.9. The summed E-state index contributed by atoms with van der Waals surface area (Å²) in [6, 6.07) is 10.3. The Labute approximate surface area is 131 Å². The van der Waals surface area contributed by atoms with Crippen LogP contribution in [0.1, 0.15) is 48.0 Å². The number of aryl methyl sites for hydroxylation is 3. The van der Waals surface area contributed by atoms with Gasteiger partial charge in [0.15, 0.2) is 0 Å². The lowest BCUT2D eigenvalue weighted by Crippen LogP contribution is -2.44. The third-order valence-electron chi connectivity index (χ3n) is 4.82. The molecule has 3 heteroatoms. The minimum absolute atomic E-state index is 0.109. The molecule has 1 unspecified atom stereocenters. The largest absolute Gasteiger partial charge is 0.466 e. The number of fused-ring (bicyclic) bond motifs is 1. The number of furan rings is 1. The third kappa shape index (κ3) is 2.56. The van der Waals surface area contributed by atoms with E-state index in [-0.39, 0.29) is 5.91 Å². The molecule has 3 rings (SSSR count). The summed E-state index contributed by atoms with van der Waals surface area (Å²) in [5.41, 5.74) is 3.11. The molecule has 116 valence electrons. The standard InChI is InChI=1S/C19H23NO2/c1-13-11-16(14(2)22-13)12-20-18(21)19(3)10-6-8-15-7-4-5-9-17(15)19/h4-5,7,9,11H,6,8,10,12H2,1-3H3,(H,20,21). The smallest absolute Gasteiger partial charge is 0.230 e. The van der Waals surface area contributed by atoms with Crippen LogP contribution >= 0.6 is 0 Å². The first-order valence-electron chi connectivity index (χ1n) is 7.93. The van der Waals surface area contributed by atoms with E-state index in [9.17, 15) is 4.79 Å². The van der Waals surface area contributed by atoms with Crippen molar-refractivity contribution in [1.82, 2.24) is 5.32 Å². The fourth-order valence-electron chi connectivity index (χ4n) is 3.51. The predicted octanol–water partition coefficient (Wildman–Crippen LogP) is 3.81. The zero-order valence-electron chi connectivity index (χ0n) is 13.5. The molecule has 1 aromatic heterocycles. The van der Waals surface area contributed by atoms with Crippen LogP contribution in [0.2, 0.25) is 0 Å². The average molecular weight is 297 g/mol. The van der Waals surface area contributed by atoms with Crippen molar-refractivity contribution < 1.29 is 9.21 Å². The van der Waals surface area contributed by atoms with Crippen molar-refractivity contribution >= 4 is 5.91 Å². The summed E-state index contributed by atoms with van der Waals surface area (Å²) in [5, 5.41) is 3.11. The minimum Gasteiger partial charge on any atom is -0.466 e. The monoisotopic (exact) mass is 297 g/mol. The van der Waals surface area contributed by atoms with E-state index < -0.39 is 5.41 Å². The molecule has 0 saturated heterocycles. The lowest BCUT2D eigenvalue weighted by molar-refractivity contribution is -0.126. The normalized spacial score (nSPS) is 20.5. The highest BCUT2D eigenvalue weighted by molar-refractivity contribution is 5.88. The quantitative estimate of drug-likeness (QED) is 0.936. The van der Waals surface area contributed by atoms with Crippen molar-refractivity contribution in [1.29, 1.82) is 0 Å². The van der Waals surface area contributed by atoms with Crippen molar-refractivity contribution in [2.24, 2.45) is 0 Å². The summed E-state index contributed by atoms with van der Waals surface area (Å²) in [6.45, 7) is 6.46. The Morgan fingerprint density at radius 1 is 1.32 bits per heavy atom. The van der Waals surface area contributed by atoms with E-state index in [0.29, 0.717) is 6.54 Å². The number of carbonyl (C=O) groups is 1. The zero-order valence-corrected chi connectivity index (χ0v) is 13.5. The van der Waals surface area contributed by atoms with Crippen LogP contribution in [-0.4, -0.2) is 5.91 Å². The second-order valence-electron chi connectivity index (χ2n) is 6.46. The molecule has 1 atom stereocenters. The number of carbonyl (C=O) groups excluding carboxylic acids is 1. The molecule has 0 saturated carbocycles. The highest BCUT2D eigenvalue weighted by Crippen LogP contribution is 2.37. The molecule has 3 nitrogen and oxygen atoms in total. The molecular formula is C19H23NO2. The zero-order chi connectivity index (χ0) is 15.7. The van der Waals surface area contributed by atoms with Gasteiger partial charge < -0.3 is 9.73 Å². The van der Waals surface area contributed by atoms with E-state index in [0.717, 1.165) is 36.3 Å². The van der Waals surface area contributed by atoms with E-state index in [1.165, 1.54) is 11.1 Å². The molecule has 1 aliphatic carbocycles. The van der Waals surface area contributed by atoms with Gasteiger partial charge in [-0.05, 0) is 57.2 Å². The Morgan fingerprint density at radius 2 is 2.09 bits per heavy atom. The van der Waals surface area contributed by atoms with Gasteiger partial charge in [0.2, 0.25) is 5.91 Å². The number of amides is 1. The molecule has 22 heavy (non-hydrogen) atoms. The summed E-state index contributed by atoms with van der Waals surface area (Å²) < 4.78 is 5.52. The fourth-order valence-corrected chi connectivity index (χ4v) is 3.51. The Morgan fingerprint density at radius 3 is 2.82 bits per heavy atom. The average Bonchev–Trinajstić information content (AvgIpc) is 2.83. The van der Waals surface area contributed by atoms with Crippen molar-refractivity contribution in [3.63, 3.8) is 0 Å². The van der Waals surface area contributed by atoms with Crippen LogP contribution in [0.3, 0.4) is 0 Å². The van der Waals surface area contributed by atoms with Gasteiger partial charge in [-0.15, -0.1) is 0 Å². The topological polar surface area (TPSA) is 42.2 Å². The molecule has 0 spiro atoms. The molecule has 0 bridgehead atoms. The van der Waals surface area contributed by atoms with Crippen molar-refractivity contribution in [3.05, 3.63) is 58.5 Å². The highest BCUT2D eigenvalue weighted by atomic mass is 16.3. The second-order valence-corrected chi connectivity index (χ2v) is 6.46. The van der Waals surface area contributed by atoms with E-state index in [4.69, 9.17) is 4.42 Å². The van der Waals surface area contributed by atoms with Gasteiger partial charge in [0.25, 0.3) is 0 Å². The second kappa shape index (κ2) is 5.64. The maximum atomic E-state index is 12.8. The van der Waals surface area contributed by atoms with Gasteiger partial charge in [-0.25, -0.2) is 0 Å². The number of rotatable bonds is 3. The molecule has 1 aromatic carbocycles. The Hall–Kier alpha value is -2.03. The summed E-state index contributed by atoms with van der Waals surface area (Å²) in [6.07, 6.45) is 3.03. The fraction of sp³-hybridized carbons (Fsp3) is 0.421. The van der Waals surface area contributed by atoms with Gasteiger partial charge in [-0.3, -0.25) is 4.79 Å². The van der Waals surface area contributed by atoms with Crippen LogP contribution in [0.5, 0.6) is 0 Å². The van der Waals surface area contributed by atoms with Gasteiger partial charge in [-0.2, -0.15) is 0 Å². The van der Waals surface area contributed by atoms with Gasteiger partial charge >= 0.3 is 0 Å². The molecular weight excluding hydrogens is 274 g/mol. The van der Waals surface area contributed by atoms with Crippen LogP contribution in [0, 0.1) is 13.8 Å². The minimum atomic E-state index is -0.429. The molecule has 1 N–H and O–H groups in total. The maximum absolute atomic E-state index is 12.8. The van der Waals surface area contributed by atoms with Gasteiger partial charge in [0.05, 0.1) is 5.41 Å². The molecule has 1 aliphatic rings. The first-order chi connectivity index (χ1) is 10.5. The molecule has 2 aromatic rings. The Bertz CT molecular complexity index is 701. The molecule has 0 aliphatic heterocycles. The lowest BCUT2D eigenvalue weighted by Gasteiger charge is -2.34. The molecule has 0 radical (unpaired) electrons. The maximum Gasteiger partial charge on any atom is 0.230 e. The van der Waals surface area contributed by atoms with E-state index in [1.807, 2.05) is 26.0 Å². The van der Waals surface area contributed by atoms with Crippen molar-refractivity contribution in [2.75, 3.05) is 0 Å². The number of nitrogens with one attached hydrogen (secondary N) is 1. The van der Waals surface area contributed by atoms with E-state index >= 15 is 0 Å². The molecule has 1 amide bonds. The van der Waals surface area contributed by atoms with Crippen LogP contribution in [0.25, 0.3) is 0 Å². The third-order valence-corrected chi connectivity index (χ3v) is 4.82. The van der Waals surface area contributed by atoms with E-state index in [2.05, 4.69) is 30.4 Å². The lowest BCUT2D eigenvalue weighted by atomic mass is 9.70. The highest BCUT2D eigenvalue weighted by Gasteiger charge is 2.38. The summed E-state index contributed by atoms with van der Waals surface area (Å²) in [5.74, 6) is 1.88. The van der Waals surface area contributed by atoms with Crippen LogP contribution < -0.4 is 5.32 Å². The molecule has 1 heterocycles. The van der Waals surface area contributed by atoms with Gasteiger partial charge in [0, 0.05) is 12.1 Å². The number of hydrogen-bond acceptors (Lipinski definition) is 2. The SMILES string of the molecule is Cc1cc(CNC(=O)C2(C)CCCc3ccccc32)c(C)o1. The number of hydrogen-bond donors (Lipinski definition) is 1.